The second-order valence-corrected chi connectivity index (χ2v) is 6.01. The van der Waals surface area contributed by atoms with E-state index in [4.69, 9.17) is 9.47 Å². The zero-order valence-electron chi connectivity index (χ0n) is 12.7. The Labute approximate surface area is 130 Å². The van der Waals surface area contributed by atoms with Crippen molar-refractivity contribution in [2.24, 2.45) is 5.92 Å². The quantitative estimate of drug-likeness (QED) is 0.925. The van der Waals surface area contributed by atoms with Crippen molar-refractivity contribution in [3.63, 3.8) is 0 Å². The maximum Gasteiger partial charge on any atom is 0.325 e. The van der Waals surface area contributed by atoms with Crippen molar-refractivity contribution in [1.29, 1.82) is 0 Å². The van der Waals surface area contributed by atoms with Crippen LogP contribution >= 0.6 is 0 Å². The maximum absolute atomic E-state index is 11.8. The first-order chi connectivity index (χ1) is 10.8. The van der Waals surface area contributed by atoms with E-state index in [1.807, 2.05) is 29.2 Å². The van der Waals surface area contributed by atoms with Gasteiger partial charge in [-0.3, -0.25) is 9.69 Å². The lowest BCUT2D eigenvalue weighted by molar-refractivity contribution is -0.143. The van der Waals surface area contributed by atoms with Crippen molar-refractivity contribution in [1.82, 2.24) is 4.90 Å². The second kappa shape index (κ2) is 7.11. The highest BCUT2D eigenvalue weighted by Crippen LogP contribution is 2.32. The smallest absolute Gasteiger partial charge is 0.325 e. The van der Waals surface area contributed by atoms with Gasteiger partial charge in [-0.1, -0.05) is 18.2 Å². The van der Waals surface area contributed by atoms with Gasteiger partial charge < -0.3 is 14.6 Å². The molecular weight excluding hydrogens is 282 g/mol. The van der Waals surface area contributed by atoms with Crippen LogP contribution in [-0.4, -0.2) is 48.9 Å². The molecule has 2 heterocycles. The zero-order valence-corrected chi connectivity index (χ0v) is 12.7. The van der Waals surface area contributed by atoms with E-state index in [0.717, 1.165) is 44.6 Å². The lowest BCUT2D eigenvalue weighted by Gasteiger charge is -2.29. The summed E-state index contributed by atoms with van der Waals surface area (Å²) in [6, 6.07) is 6.86. The summed E-state index contributed by atoms with van der Waals surface area (Å²) in [6.07, 6.45) is 3.19. The van der Waals surface area contributed by atoms with E-state index >= 15 is 0 Å². The molecule has 1 fully saturated rings. The fraction of sp³-hybridized carbons (Fsp3) is 0.588. The molecule has 5 heteroatoms. The van der Waals surface area contributed by atoms with E-state index in [-0.39, 0.29) is 0 Å². The molecule has 1 saturated heterocycles. The van der Waals surface area contributed by atoms with Gasteiger partial charge in [0.15, 0.2) is 0 Å². The van der Waals surface area contributed by atoms with Crippen LogP contribution in [0.4, 0.5) is 0 Å². The van der Waals surface area contributed by atoms with E-state index in [0.29, 0.717) is 24.8 Å². The van der Waals surface area contributed by atoms with Crippen molar-refractivity contribution in [3.8, 4) is 5.75 Å². The predicted octanol–water partition coefficient (Wildman–Crippen LogP) is 2.32. The molecule has 3 rings (SSSR count). The molecule has 1 aromatic carbocycles. The van der Waals surface area contributed by atoms with Crippen LogP contribution < -0.4 is 4.74 Å². The van der Waals surface area contributed by atoms with Gasteiger partial charge in [0.1, 0.15) is 18.4 Å². The minimum atomic E-state index is -0.801. The van der Waals surface area contributed by atoms with Gasteiger partial charge in [-0.25, -0.2) is 0 Å². The summed E-state index contributed by atoms with van der Waals surface area (Å²) in [5, 5.41) is 9.70. The third kappa shape index (κ3) is 3.42. The number of rotatable bonds is 4. The van der Waals surface area contributed by atoms with Crippen molar-refractivity contribution < 1.29 is 19.4 Å². The van der Waals surface area contributed by atoms with Crippen LogP contribution in [0.2, 0.25) is 0 Å². The Morgan fingerprint density at radius 1 is 1.23 bits per heavy atom. The highest BCUT2D eigenvalue weighted by molar-refractivity contribution is 5.76. The third-order valence-corrected chi connectivity index (χ3v) is 4.61. The fourth-order valence-corrected chi connectivity index (χ4v) is 3.35. The number of carboxylic acids is 1. The first-order valence-electron chi connectivity index (χ1n) is 8.02. The van der Waals surface area contributed by atoms with Crippen LogP contribution in [0.15, 0.2) is 24.3 Å². The first-order valence-corrected chi connectivity index (χ1v) is 8.02. The average molecular weight is 305 g/mol. The van der Waals surface area contributed by atoms with E-state index in [9.17, 15) is 9.90 Å². The lowest BCUT2D eigenvalue weighted by atomic mass is 9.95. The normalized spacial score (nSPS) is 23.4. The standard InChI is InChI=1S/C17H23NO4/c19-17(20)16-14-3-1-2-4-15(14)22-12-9-18(16)8-5-13-6-10-21-11-7-13/h1-4,13,16H,5-12H2,(H,19,20). The highest BCUT2D eigenvalue weighted by atomic mass is 16.5. The van der Waals surface area contributed by atoms with Gasteiger partial charge >= 0.3 is 5.97 Å². The molecule has 1 aromatic rings. The summed E-state index contributed by atoms with van der Waals surface area (Å²) in [5.74, 6) is 0.538. The number of nitrogens with zero attached hydrogens (tertiary/aromatic N) is 1. The van der Waals surface area contributed by atoms with E-state index in [1.165, 1.54) is 0 Å². The largest absolute Gasteiger partial charge is 0.492 e. The zero-order chi connectivity index (χ0) is 15.4. The molecule has 1 N–H and O–H groups in total. The Hall–Kier alpha value is -1.59. The molecular formula is C17H23NO4. The molecule has 0 radical (unpaired) electrons. The molecule has 2 aliphatic rings. The maximum atomic E-state index is 11.8. The summed E-state index contributed by atoms with van der Waals surface area (Å²) in [6.45, 7) is 3.64. The van der Waals surface area contributed by atoms with Crippen LogP contribution in [0.1, 0.15) is 30.9 Å². The number of carboxylic acid groups (broad SMARTS) is 1. The van der Waals surface area contributed by atoms with Crippen LogP contribution in [0, 0.1) is 5.92 Å². The van der Waals surface area contributed by atoms with Crippen LogP contribution in [0.25, 0.3) is 0 Å². The van der Waals surface area contributed by atoms with Gasteiger partial charge in [-0.05, 0) is 37.8 Å². The van der Waals surface area contributed by atoms with Gasteiger partial charge in [-0.15, -0.1) is 0 Å². The molecule has 0 bridgehead atoms. The number of benzene rings is 1. The number of aliphatic carboxylic acids is 1. The molecule has 120 valence electrons. The molecule has 0 saturated carbocycles. The summed E-state index contributed by atoms with van der Waals surface area (Å²) >= 11 is 0. The minimum absolute atomic E-state index is 0.536. The van der Waals surface area contributed by atoms with Gasteiger partial charge in [0.2, 0.25) is 0 Å². The van der Waals surface area contributed by atoms with Crippen LogP contribution in [-0.2, 0) is 9.53 Å². The van der Waals surface area contributed by atoms with Gasteiger partial charge in [0.05, 0.1) is 0 Å². The van der Waals surface area contributed by atoms with E-state index < -0.39 is 12.0 Å². The molecule has 22 heavy (non-hydrogen) atoms. The first kappa shape index (κ1) is 15.3. The topological polar surface area (TPSA) is 59.0 Å². The number of fused-ring (bicyclic) bond motifs is 1. The Kier molecular flexibility index (Phi) is 4.95. The summed E-state index contributed by atoms with van der Waals surface area (Å²) < 4.78 is 11.1. The number of hydrogen-bond donors (Lipinski definition) is 1. The fourth-order valence-electron chi connectivity index (χ4n) is 3.35. The Morgan fingerprint density at radius 3 is 2.77 bits per heavy atom. The van der Waals surface area contributed by atoms with Gasteiger partial charge in [0.25, 0.3) is 0 Å². The number of hydrogen-bond acceptors (Lipinski definition) is 4. The Morgan fingerprint density at radius 2 is 2.00 bits per heavy atom. The van der Waals surface area contributed by atoms with Crippen molar-refractivity contribution >= 4 is 5.97 Å². The van der Waals surface area contributed by atoms with Crippen LogP contribution in [0.3, 0.4) is 0 Å². The molecule has 0 aliphatic carbocycles. The molecule has 1 unspecified atom stereocenters. The monoisotopic (exact) mass is 305 g/mol. The molecule has 2 aliphatic heterocycles. The lowest BCUT2D eigenvalue weighted by Crippen LogP contribution is -2.37. The molecule has 0 amide bonds. The van der Waals surface area contributed by atoms with Crippen LogP contribution in [0.5, 0.6) is 5.75 Å². The Balaban J connectivity index is 1.73. The molecule has 1 atom stereocenters. The molecule has 0 spiro atoms. The predicted molar refractivity (Wildman–Crippen MR) is 82.0 cm³/mol. The minimum Gasteiger partial charge on any atom is -0.492 e. The van der Waals surface area contributed by atoms with Crippen molar-refractivity contribution in [2.45, 2.75) is 25.3 Å². The highest BCUT2D eigenvalue weighted by Gasteiger charge is 2.32. The number of carbonyl (C=O) groups is 1. The van der Waals surface area contributed by atoms with E-state index in [2.05, 4.69) is 0 Å². The van der Waals surface area contributed by atoms with Gasteiger partial charge in [0, 0.05) is 25.3 Å². The van der Waals surface area contributed by atoms with E-state index in [1.54, 1.807) is 0 Å². The molecule has 0 aromatic heterocycles. The Bertz CT molecular complexity index is 513. The average Bonchev–Trinajstić information content (AvgIpc) is 2.73. The summed E-state index contributed by atoms with van der Waals surface area (Å²) in [5.41, 5.74) is 0.763. The van der Waals surface area contributed by atoms with Gasteiger partial charge in [-0.2, -0.15) is 0 Å². The molecule has 5 nitrogen and oxygen atoms in total. The summed E-state index contributed by atoms with van der Waals surface area (Å²) in [7, 11) is 0. The SMILES string of the molecule is O=C(O)C1c2ccccc2OCCN1CCC1CCOCC1. The van der Waals surface area contributed by atoms with Crippen molar-refractivity contribution in [2.75, 3.05) is 32.9 Å². The second-order valence-electron chi connectivity index (χ2n) is 6.01. The summed E-state index contributed by atoms with van der Waals surface area (Å²) in [4.78, 5) is 13.9. The third-order valence-electron chi connectivity index (χ3n) is 4.61. The number of ether oxygens (including phenoxy) is 2. The van der Waals surface area contributed by atoms with Crippen molar-refractivity contribution in [3.05, 3.63) is 29.8 Å². The number of para-hydroxylation sites is 1.